The van der Waals surface area contributed by atoms with Gasteiger partial charge in [0.25, 0.3) is 5.91 Å². The molecule has 0 saturated carbocycles. The molecule has 0 aliphatic carbocycles. The van der Waals surface area contributed by atoms with Crippen LogP contribution in [0.5, 0.6) is 17.2 Å². The van der Waals surface area contributed by atoms with E-state index in [4.69, 9.17) is 37.4 Å². The van der Waals surface area contributed by atoms with Crippen LogP contribution in [0.3, 0.4) is 0 Å². The van der Waals surface area contributed by atoms with Gasteiger partial charge in [-0.05, 0) is 42.8 Å². The lowest BCUT2D eigenvalue weighted by atomic mass is 10.1. The zero-order valence-electron chi connectivity index (χ0n) is 12.8. The van der Waals surface area contributed by atoms with Gasteiger partial charge in [-0.1, -0.05) is 29.3 Å². The van der Waals surface area contributed by atoms with Crippen molar-refractivity contribution < 1.29 is 19.0 Å². The third kappa shape index (κ3) is 4.04. The lowest BCUT2D eigenvalue weighted by Crippen LogP contribution is -2.31. The highest BCUT2D eigenvalue weighted by atomic mass is 35.5. The molecule has 0 saturated heterocycles. The first-order valence-electron chi connectivity index (χ1n) is 7.29. The fourth-order valence-corrected chi connectivity index (χ4v) is 2.82. The first-order chi connectivity index (χ1) is 11.5. The molecular formula is C17H15Cl2NO4. The van der Waals surface area contributed by atoms with Gasteiger partial charge in [-0.25, -0.2) is 0 Å². The van der Waals surface area contributed by atoms with E-state index in [2.05, 4.69) is 5.32 Å². The molecule has 5 nitrogen and oxygen atoms in total. The summed E-state index contributed by atoms with van der Waals surface area (Å²) in [5.41, 5.74) is 0.915. The minimum atomic E-state index is -0.253. The van der Waals surface area contributed by atoms with Crippen molar-refractivity contribution in [2.24, 2.45) is 0 Å². The van der Waals surface area contributed by atoms with Crippen molar-refractivity contribution in [2.45, 2.75) is 13.0 Å². The molecule has 2 aromatic rings. The van der Waals surface area contributed by atoms with Crippen molar-refractivity contribution >= 4 is 29.1 Å². The summed E-state index contributed by atoms with van der Waals surface area (Å²) in [6, 6.07) is 10.2. The topological polar surface area (TPSA) is 56.8 Å². The summed E-state index contributed by atoms with van der Waals surface area (Å²) in [6.07, 6.45) is 0. The molecule has 0 fully saturated rings. The third-order valence-electron chi connectivity index (χ3n) is 3.48. The van der Waals surface area contributed by atoms with E-state index in [1.54, 1.807) is 18.2 Å². The zero-order chi connectivity index (χ0) is 17.1. The Bertz CT molecular complexity index is 746. The first kappa shape index (κ1) is 16.7. The average Bonchev–Trinajstić information content (AvgIpc) is 2.99. The Morgan fingerprint density at radius 3 is 2.62 bits per heavy atom. The summed E-state index contributed by atoms with van der Waals surface area (Å²) in [4.78, 5) is 12.0. The zero-order valence-corrected chi connectivity index (χ0v) is 14.4. The summed E-state index contributed by atoms with van der Waals surface area (Å²) >= 11 is 11.8. The molecule has 1 unspecified atom stereocenters. The largest absolute Gasteiger partial charge is 0.484 e. The summed E-state index contributed by atoms with van der Waals surface area (Å²) in [6.45, 7) is 1.97. The predicted octanol–water partition coefficient (Wildman–Crippen LogP) is 3.98. The SMILES string of the molecule is CC(NC(=O)COc1cc(Cl)cc(Cl)c1)c1ccc2c(c1)OCO2. The average molecular weight is 368 g/mol. The minimum absolute atomic E-state index is 0.133. The van der Waals surface area contributed by atoms with Crippen LogP contribution in [0.1, 0.15) is 18.5 Å². The van der Waals surface area contributed by atoms with Gasteiger partial charge < -0.3 is 19.5 Å². The highest BCUT2D eigenvalue weighted by Gasteiger charge is 2.17. The summed E-state index contributed by atoms with van der Waals surface area (Å²) in [7, 11) is 0. The van der Waals surface area contributed by atoms with Crippen LogP contribution in [0.15, 0.2) is 36.4 Å². The van der Waals surface area contributed by atoms with E-state index in [0.717, 1.165) is 5.56 Å². The second kappa shape index (κ2) is 7.20. The van der Waals surface area contributed by atoms with E-state index < -0.39 is 0 Å². The van der Waals surface area contributed by atoms with Gasteiger partial charge in [-0.2, -0.15) is 0 Å². The molecular weight excluding hydrogens is 353 g/mol. The van der Waals surface area contributed by atoms with Crippen LogP contribution in [0.25, 0.3) is 0 Å². The monoisotopic (exact) mass is 367 g/mol. The molecule has 1 aliphatic rings. The Hall–Kier alpha value is -2.11. The second-order valence-corrected chi connectivity index (χ2v) is 6.17. The fourth-order valence-electron chi connectivity index (χ4n) is 2.31. The molecule has 7 heteroatoms. The van der Waals surface area contributed by atoms with Crippen LogP contribution in [-0.4, -0.2) is 19.3 Å². The quantitative estimate of drug-likeness (QED) is 0.868. The van der Waals surface area contributed by atoms with Crippen molar-refractivity contribution in [3.05, 3.63) is 52.0 Å². The number of ether oxygens (including phenoxy) is 3. The Balaban J connectivity index is 1.56. The number of carbonyl (C=O) groups excluding carboxylic acids is 1. The van der Waals surface area contributed by atoms with Crippen LogP contribution < -0.4 is 19.5 Å². The van der Waals surface area contributed by atoms with E-state index in [1.165, 1.54) is 0 Å². The van der Waals surface area contributed by atoms with Gasteiger partial charge in [0.2, 0.25) is 6.79 Å². The summed E-state index contributed by atoms with van der Waals surface area (Å²) in [5, 5.41) is 3.76. The van der Waals surface area contributed by atoms with Gasteiger partial charge >= 0.3 is 0 Å². The van der Waals surface area contributed by atoms with Crippen LogP contribution in [0, 0.1) is 0 Å². The number of amides is 1. The standard InChI is InChI=1S/C17H15Cl2NO4/c1-10(11-2-3-15-16(4-11)24-9-23-15)20-17(21)8-22-14-6-12(18)5-13(19)7-14/h2-7,10H,8-9H2,1H3,(H,20,21). The molecule has 0 spiro atoms. The lowest BCUT2D eigenvalue weighted by molar-refractivity contribution is -0.123. The number of fused-ring (bicyclic) bond motifs is 1. The smallest absolute Gasteiger partial charge is 0.258 e. The molecule has 2 aromatic carbocycles. The van der Waals surface area contributed by atoms with Gasteiger partial charge in [-0.15, -0.1) is 0 Å². The van der Waals surface area contributed by atoms with E-state index in [-0.39, 0.29) is 25.3 Å². The normalized spacial score (nSPS) is 13.5. The van der Waals surface area contributed by atoms with Crippen molar-refractivity contribution in [1.29, 1.82) is 0 Å². The maximum absolute atomic E-state index is 12.0. The molecule has 1 atom stereocenters. The molecule has 0 aromatic heterocycles. The number of benzene rings is 2. The van der Waals surface area contributed by atoms with Gasteiger partial charge in [0.15, 0.2) is 18.1 Å². The number of nitrogens with one attached hydrogen (secondary N) is 1. The molecule has 0 radical (unpaired) electrons. The van der Waals surface area contributed by atoms with Gasteiger partial charge in [0.1, 0.15) is 5.75 Å². The summed E-state index contributed by atoms with van der Waals surface area (Å²) in [5.74, 6) is 1.58. The molecule has 1 heterocycles. The second-order valence-electron chi connectivity index (χ2n) is 5.30. The Morgan fingerprint density at radius 2 is 1.88 bits per heavy atom. The van der Waals surface area contributed by atoms with E-state index >= 15 is 0 Å². The number of hydrogen-bond acceptors (Lipinski definition) is 4. The molecule has 0 bridgehead atoms. The Kier molecular flexibility index (Phi) is 5.02. The number of hydrogen-bond donors (Lipinski definition) is 1. The van der Waals surface area contributed by atoms with Crippen molar-refractivity contribution in [2.75, 3.05) is 13.4 Å². The number of carbonyl (C=O) groups is 1. The minimum Gasteiger partial charge on any atom is -0.484 e. The van der Waals surface area contributed by atoms with Crippen LogP contribution in [0.4, 0.5) is 0 Å². The maximum atomic E-state index is 12.0. The van der Waals surface area contributed by atoms with Crippen molar-refractivity contribution in [3.63, 3.8) is 0 Å². The van der Waals surface area contributed by atoms with Gasteiger partial charge in [-0.3, -0.25) is 4.79 Å². The van der Waals surface area contributed by atoms with Crippen LogP contribution in [0.2, 0.25) is 10.0 Å². The van der Waals surface area contributed by atoms with Crippen LogP contribution >= 0.6 is 23.2 Å². The number of halogens is 2. The van der Waals surface area contributed by atoms with Gasteiger partial charge in [0, 0.05) is 10.0 Å². The molecule has 126 valence electrons. The molecule has 3 rings (SSSR count). The molecule has 1 N–H and O–H groups in total. The van der Waals surface area contributed by atoms with Gasteiger partial charge in [0.05, 0.1) is 6.04 Å². The number of rotatable bonds is 5. The molecule has 1 amide bonds. The van der Waals surface area contributed by atoms with E-state index in [0.29, 0.717) is 27.3 Å². The maximum Gasteiger partial charge on any atom is 0.258 e. The van der Waals surface area contributed by atoms with E-state index in [1.807, 2.05) is 25.1 Å². The van der Waals surface area contributed by atoms with Crippen molar-refractivity contribution in [3.8, 4) is 17.2 Å². The third-order valence-corrected chi connectivity index (χ3v) is 3.92. The predicted molar refractivity (Wildman–Crippen MR) is 91.1 cm³/mol. The first-order valence-corrected chi connectivity index (χ1v) is 8.04. The Labute approximate surface area is 149 Å². The lowest BCUT2D eigenvalue weighted by Gasteiger charge is -2.15. The molecule has 1 aliphatic heterocycles. The summed E-state index contributed by atoms with van der Waals surface area (Å²) < 4.78 is 16.0. The highest BCUT2D eigenvalue weighted by Crippen LogP contribution is 2.34. The van der Waals surface area contributed by atoms with Crippen LogP contribution in [-0.2, 0) is 4.79 Å². The highest BCUT2D eigenvalue weighted by molar-refractivity contribution is 6.34. The van der Waals surface area contributed by atoms with E-state index in [9.17, 15) is 4.79 Å². The van der Waals surface area contributed by atoms with Crippen molar-refractivity contribution in [1.82, 2.24) is 5.32 Å². The Morgan fingerprint density at radius 1 is 1.17 bits per heavy atom. The fraction of sp³-hybridized carbons (Fsp3) is 0.235. The molecule has 24 heavy (non-hydrogen) atoms.